The highest BCUT2D eigenvalue weighted by Crippen LogP contribution is 2.40. The SMILES string of the molecule is CC(=O)c1cc2c(s1)-c1cc(O)ccc1CC2. The maximum Gasteiger partial charge on any atom is 0.169 e. The minimum absolute atomic E-state index is 0.117. The van der Waals surface area contributed by atoms with Gasteiger partial charge in [-0.05, 0) is 54.7 Å². The highest BCUT2D eigenvalue weighted by Gasteiger charge is 2.20. The zero-order chi connectivity index (χ0) is 12.0. The summed E-state index contributed by atoms with van der Waals surface area (Å²) in [4.78, 5) is 13.4. The van der Waals surface area contributed by atoms with E-state index in [-0.39, 0.29) is 11.5 Å². The molecule has 0 amide bonds. The van der Waals surface area contributed by atoms with Gasteiger partial charge in [-0.15, -0.1) is 11.3 Å². The Hall–Kier alpha value is -1.61. The van der Waals surface area contributed by atoms with Crippen molar-refractivity contribution in [2.75, 3.05) is 0 Å². The first kappa shape index (κ1) is 10.5. The van der Waals surface area contributed by atoms with E-state index in [1.807, 2.05) is 12.1 Å². The summed E-state index contributed by atoms with van der Waals surface area (Å²) in [6.07, 6.45) is 1.97. The van der Waals surface area contributed by atoms with Crippen LogP contribution in [-0.4, -0.2) is 10.9 Å². The number of rotatable bonds is 1. The second kappa shape index (κ2) is 3.70. The number of carbonyl (C=O) groups is 1. The fraction of sp³-hybridized carbons (Fsp3) is 0.214. The van der Waals surface area contributed by atoms with Crippen molar-refractivity contribution < 1.29 is 9.90 Å². The quantitative estimate of drug-likeness (QED) is 0.780. The monoisotopic (exact) mass is 244 g/mol. The predicted octanol–water partition coefficient (Wildman–Crippen LogP) is 3.42. The number of aromatic hydroxyl groups is 1. The van der Waals surface area contributed by atoms with Crippen molar-refractivity contribution in [2.24, 2.45) is 0 Å². The van der Waals surface area contributed by atoms with Crippen molar-refractivity contribution in [3.8, 4) is 16.2 Å². The van der Waals surface area contributed by atoms with Gasteiger partial charge < -0.3 is 5.11 Å². The van der Waals surface area contributed by atoms with Crippen LogP contribution in [0.15, 0.2) is 24.3 Å². The summed E-state index contributed by atoms with van der Waals surface area (Å²) < 4.78 is 0. The minimum Gasteiger partial charge on any atom is -0.508 e. The predicted molar refractivity (Wildman–Crippen MR) is 68.8 cm³/mol. The Morgan fingerprint density at radius 3 is 2.76 bits per heavy atom. The number of thiophene rings is 1. The number of phenolic OH excluding ortho intramolecular Hbond substituents is 1. The molecule has 0 bridgehead atoms. The lowest BCUT2D eigenvalue weighted by molar-refractivity contribution is 0.102. The summed E-state index contributed by atoms with van der Waals surface area (Å²) in [6, 6.07) is 7.49. The molecule has 1 aromatic heterocycles. The lowest BCUT2D eigenvalue weighted by Crippen LogP contribution is -2.00. The summed E-state index contributed by atoms with van der Waals surface area (Å²) in [7, 11) is 0. The van der Waals surface area contributed by atoms with E-state index >= 15 is 0 Å². The van der Waals surface area contributed by atoms with E-state index in [0.717, 1.165) is 28.2 Å². The molecule has 0 radical (unpaired) electrons. The summed E-state index contributed by atoms with van der Waals surface area (Å²) in [5.74, 6) is 0.403. The smallest absolute Gasteiger partial charge is 0.169 e. The molecule has 86 valence electrons. The maximum absolute atomic E-state index is 11.4. The molecule has 1 aliphatic carbocycles. The normalized spacial score (nSPS) is 13.0. The molecule has 0 saturated carbocycles. The number of phenols is 1. The summed E-state index contributed by atoms with van der Waals surface area (Å²) in [6.45, 7) is 1.60. The van der Waals surface area contributed by atoms with E-state index in [9.17, 15) is 9.90 Å². The zero-order valence-corrected chi connectivity index (χ0v) is 10.3. The van der Waals surface area contributed by atoms with Crippen molar-refractivity contribution in [2.45, 2.75) is 19.8 Å². The Morgan fingerprint density at radius 2 is 2.00 bits per heavy atom. The van der Waals surface area contributed by atoms with Gasteiger partial charge in [0.05, 0.1) is 4.88 Å². The number of Topliss-reactive ketones (excluding diaryl/α,β-unsaturated/α-hetero) is 1. The van der Waals surface area contributed by atoms with Gasteiger partial charge in [0.1, 0.15) is 5.75 Å². The first-order valence-corrected chi connectivity index (χ1v) is 6.42. The van der Waals surface area contributed by atoms with Crippen LogP contribution in [-0.2, 0) is 12.8 Å². The molecule has 2 aromatic rings. The molecule has 0 spiro atoms. The fourth-order valence-corrected chi connectivity index (χ4v) is 3.44. The lowest BCUT2D eigenvalue weighted by atomic mass is 9.91. The number of benzene rings is 1. The Morgan fingerprint density at radius 1 is 1.24 bits per heavy atom. The molecule has 1 heterocycles. The van der Waals surface area contributed by atoms with Crippen LogP contribution < -0.4 is 0 Å². The first-order chi connectivity index (χ1) is 8.15. The maximum atomic E-state index is 11.4. The van der Waals surface area contributed by atoms with E-state index in [2.05, 4.69) is 0 Å². The standard InChI is InChI=1S/C14H12O2S/c1-8(15)13-6-10-3-2-9-4-5-11(16)7-12(9)14(10)17-13/h4-7,16H,2-3H2,1H3. The van der Waals surface area contributed by atoms with Gasteiger partial charge in [0.15, 0.2) is 5.78 Å². The van der Waals surface area contributed by atoms with Crippen molar-refractivity contribution in [3.05, 3.63) is 40.3 Å². The van der Waals surface area contributed by atoms with E-state index in [1.165, 1.54) is 22.5 Å². The summed E-state index contributed by atoms with van der Waals surface area (Å²) in [5, 5.41) is 9.57. The molecule has 0 fully saturated rings. The second-order valence-corrected chi connectivity index (χ2v) is 5.41. The molecule has 0 aliphatic heterocycles. The molecule has 0 atom stereocenters. The molecular weight excluding hydrogens is 232 g/mol. The lowest BCUT2D eigenvalue weighted by Gasteiger charge is -2.15. The average Bonchev–Trinajstić information content (AvgIpc) is 2.73. The Kier molecular flexibility index (Phi) is 2.30. The molecule has 0 saturated heterocycles. The van der Waals surface area contributed by atoms with Gasteiger partial charge in [0.2, 0.25) is 0 Å². The highest BCUT2D eigenvalue weighted by atomic mass is 32.1. The van der Waals surface area contributed by atoms with Crippen LogP contribution in [0.4, 0.5) is 0 Å². The van der Waals surface area contributed by atoms with E-state index < -0.39 is 0 Å². The number of ketones is 1. The summed E-state index contributed by atoms with van der Waals surface area (Å²) >= 11 is 1.53. The zero-order valence-electron chi connectivity index (χ0n) is 9.49. The van der Waals surface area contributed by atoms with Gasteiger partial charge >= 0.3 is 0 Å². The van der Waals surface area contributed by atoms with Gasteiger partial charge in [0, 0.05) is 4.88 Å². The topological polar surface area (TPSA) is 37.3 Å². The van der Waals surface area contributed by atoms with Crippen LogP contribution in [0, 0.1) is 0 Å². The van der Waals surface area contributed by atoms with Crippen LogP contribution in [0.2, 0.25) is 0 Å². The number of hydrogen-bond donors (Lipinski definition) is 1. The molecule has 2 nitrogen and oxygen atoms in total. The van der Waals surface area contributed by atoms with E-state index in [4.69, 9.17) is 0 Å². The largest absolute Gasteiger partial charge is 0.508 e. The Balaban J connectivity index is 2.21. The first-order valence-electron chi connectivity index (χ1n) is 5.61. The number of fused-ring (bicyclic) bond motifs is 3. The van der Waals surface area contributed by atoms with Crippen LogP contribution >= 0.6 is 11.3 Å². The third-order valence-electron chi connectivity index (χ3n) is 3.16. The van der Waals surface area contributed by atoms with E-state index in [1.54, 1.807) is 19.1 Å². The van der Waals surface area contributed by atoms with Crippen LogP contribution in [0.3, 0.4) is 0 Å². The minimum atomic E-state index is 0.117. The van der Waals surface area contributed by atoms with Crippen molar-refractivity contribution in [1.82, 2.24) is 0 Å². The van der Waals surface area contributed by atoms with Crippen molar-refractivity contribution in [1.29, 1.82) is 0 Å². The van der Waals surface area contributed by atoms with Gasteiger partial charge in [0.25, 0.3) is 0 Å². The molecule has 17 heavy (non-hydrogen) atoms. The van der Waals surface area contributed by atoms with E-state index in [0.29, 0.717) is 0 Å². The highest BCUT2D eigenvalue weighted by molar-refractivity contribution is 7.17. The van der Waals surface area contributed by atoms with Gasteiger partial charge in [-0.25, -0.2) is 0 Å². The van der Waals surface area contributed by atoms with Gasteiger partial charge in [-0.1, -0.05) is 6.07 Å². The molecular formula is C14H12O2S. The molecule has 0 unspecified atom stereocenters. The number of hydrogen-bond acceptors (Lipinski definition) is 3. The average molecular weight is 244 g/mol. The van der Waals surface area contributed by atoms with Crippen LogP contribution in [0.25, 0.3) is 10.4 Å². The third kappa shape index (κ3) is 1.67. The Bertz CT molecular complexity index is 611. The van der Waals surface area contributed by atoms with Gasteiger partial charge in [-0.2, -0.15) is 0 Å². The van der Waals surface area contributed by atoms with Crippen LogP contribution in [0.5, 0.6) is 5.75 Å². The number of carbonyl (C=O) groups excluding carboxylic acids is 1. The molecule has 1 aromatic carbocycles. The fourth-order valence-electron chi connectivity index (χ4n) is 2.28. The third-order valence-corrected chi connectivity index (χ3v) is 4.47. The molecule has 3 rings (SSSR count). The molecule has 3 heteroatoms. The molecule has 1 aliphatic rings. The molecule has 1 N–H and O–H groups in total. The van der Waals surface area contributed by atoms with Crippen LogP contribution in [0.1, 0.15) is 27.7 Å². The van der Waals surface area contributed by atoms with Crippen molar-refractivity contribution >= 4 is 17.1 Å². The van der Waals surface area contributed by atoms with Gasteiger partial charge in [-0.3, -0.25) is 4.79 Å². The number of aryl methyl sites for hydroxylation is 2. The Labute approximate surface area is 104 Å². The van der Waals surface area contributed by atoms with Crippen molar-refractivity contribution in [3.63, 3.8) is 0 Å². The summed E-state index contributed by atoms with van der Waals surface area (Å²) in [5.41, 5.74) is 3.58. The second-order valence-electron chi connectivity index (χ2n) is 4.36.